The number of aromatic nitrogens is 2. The van der Waals surface area contributed by atoms with Crippen LogP contribution in [0.4, 0.5) is 0 Å². The average molecular weight is 280 g/mol. The van der Waals surface area contributed by atoms with E-state index in [2.05, 4.69) is 22.1 Å². The number of methoxy groups -OCH3 is 1. The van der Waals surface area contributed by atoms with Crippen molar-refractivity contribution >= 4 is 10.8 Å². The molecule has 3 aromatic rings. The van der Waals surface area contributed by atoms with Crippen LogP contribution in [0.5, 0.6) is 5.75 Å². The summed E-state index contributed by atoms with van der Waals surface area (Å²) in [4.78, 5) is 8.62. The van der Waals surface area contributed by atoms with E-state index in [1.807, 2.05) is 24.3 Å². The van der Waals surface area contributed by atoms with Crippen LogP contribution in [0.15, 0.2) is 48.7 Å². The van der Waals surface area contributed by atoms with Crippen LogP contribution < -0.4 is 4.74 Å². The van der Waals surface area contributed by atoms with Gasteiger partial charge in [0.2, 0.25) is 0 Å². The Labute approximate surface area is 123 Å². The minimum absolute atomic E-state index is 0.0706. The lowest BCUT2D eigenvalue weighted by atomic mass is 10.0. The molecule has 0 aliphatic heterocycles. The molecule has 1 aromatic heterocycles. The van der Waals surface area contributed by atoms with Crippen molar-refractivity contribution in [1.82, 2.24) is 9.97 Å². The van der Waals surface area contributed by atoms with Crippen molar-refractivity contribution in [3.05, 3.63) is 65.7 Å². The van der Waals surface area contributed by atoms with Crippen LogP contribution >= 0.6 is 0 Å². The second-order valence-corrected chi connectivity index (χ2v) is 4.80. The Morgan fingerprint density at radius 3 is 2.86 bits per heavy atom. The number of rotatable bonds is 4. The molecule has 0 fully saturated rings. The largest absolute Gasteiger partial charge is 0.497 e. The number of benzene rings is 2. The summed E-state index contributed by atoms with van der Waals surface area (Å²) in [6, 6.07) is 13.9. The van der Waals surface area contributed by atoms with Gasteiger partial charge in [0.15, 0.2) is 0 Å². The van der Waals surface area contributed by atoms with Gasteiger partial charge in [-0.3, -0.25) is 0 Å². The Morgan fingerprint density at radius 1 is 1.14 bits per heavy atom. The van der Waals surface area contributed by atoms with E-state index in [0.29, 0.717) is 17.9 Å². The Kier molecular flexibility index (Phi) is 3.79. The predicted molar refractivity (Wildman–Crippen MR) is 81.3 cm³/mol. The molecule has 0 spiro atoms. The fourth-order valence-electron chi connectivity index (χ4n) is 2.38. The molecule has 1 heterocycles. The molecule has 0 atom stereocenters. The third kappa shape index (κ3) is 2.85. The molecular weight excluding hydrogens is 264 g/mol. The minimum Gasteiger partial charge on any atom is -0.497 e. The first-order valence-electron chi connectivity index (χ1n) is 6.77. The van der Waals surface area contributed by atoms with Gasteiger partial charge in [0.25, 0.3) is 0 Å². The van der Waals surface area contributed by atoms with E-state index in [0.717, 1.165) is 22.1 Å². The molecule has 0 bridgehead atoms. The van der Waals surface area contributed by atoms with Crippen LogP contribution in [0.2, 0.25) is 0 Å². The quantitative estimate of drug-likeness (QED) is 0.798. The summed E-state index contributed by atoms with van der Waals surface area (Å²) in [5.41, 5.74) is 1.78. The fraction of sp³-hybridized carbons (Fsp3) is 0.176. The lowest BCUT2D eigenvalue weighted by Gasteiger charge is -2.08. The molecule has 106 valence electrons. The molecular formula is C17H16N2O2. The maximum atomic E-state index is 9.16. The molecule has 0 aliphatic rings. The zero-order valence-corrected chi connectivity index (χ0v) is 11.8. The zero-order valence-electron chi connectivity index (χ0n) is 11.8. The van der Waals surface area contributed by atoms with Crippen molar-refractivity contribution in [1.29, 1.82) is 0 Å². The summed E-state index contributed by atoms with van der Waals surface area (Å²) in [5, 5.41) is 11.5. The number of nitrogens with zero attached hydrogens (tertiary/aromatic N) is 2. The molecule has 1 N–H and O–H groups in total. The molecule has 0 radical (unpaired) electrons. The lowest BCUT2D eigenvalue weighted by Crippen LogP contribution is -2.00. The van der Waals surface area contributed by atoms with E-state index in [-0.39, 0.29) is 6.61 Å². The van der Waals surface area contributed by atoms with Crippen LogP contribution in [0.1, 0.15) is 17.1 Å². The summed E-state index contributed by atoms with van der Waals surface area (Å²) in [5.74, 6) is 1.54. The summed E-state index contributed by atoms with van der Waals surface area (Å²) >= 11 is 0. The zero-order chi connectivity index (χ0) is 14.7. The van der Waals surface area contributed by atoms with Crippen LogP contribution in [-0.2, 0) is 13.0 Å². The van der Waals surface area contributed by atoms with Gasteiger partial charge in [0.05, 0.1) is 19.4 Å². The summed E-state index contributed by atoms with van der Waals surface area (Å²) in [6.07, 6.45) is 2.30. The van der Waals surface area contributed by atoms with Gasteiger partial charge < -0.3 is 9.84 Å². The molecule has 4 heteroatoms. The van der Waals surface area contributed by atoms with Crippen molar-refractivity contribution in [3.63, 3.8) is 0 Å². The van der Waals surface area contributed by atoms with Gasteiger partial charge in [0, 0.05) is 12.6 Å². The highest BCUT2D eigenvalue weighted by Crippen LogP contribution is 2.25. The number of hydrogen-bond donors (Lipinski definition) is 1. The molecule has 21 heavy (non-hydrogen) atoms. The normalized spacial score (nSPS) is 10.8. The molecule has 0 aliphatic carbocycles. The number of aliphatic hydroxyl groups excluding tert-OH is 1. The van der Waals surface area contributed by atoms with Gasteiger partial charge >= 0.3 is 0 Å². The smallest absolute Gasteiger partial charge is 0.133 e. The first-order chi connectivity index (χ1) is 10.3. The Morgan fingerprint density at radius 2 is 2.05 bits per heavy atom. The maximum Gasteiger partial charge on any atom is 0.133 e. The number of ether oxygens (including phenoxy) is 1. The summed E-state index contributed by atoms with van der Waals surface area (Å²) < 4.78 is 5.30. The van der Waals surface area contributed by atoms with Crippen LogP contribution in [0, 0.1) is 0 Å². The van der Waals surface area contributed by atoms with E-state index >= 15 is 0 Å². The van der Waals surface area contributed by atoms with Crippen LogP contribution in [-0.4, -0.2) is 22.2 Å². The molecule has 0 unspecified atom stereocenters. The third-order valence-electron chi connectivity index (χ3n) is 3.45. The highest BCUT2D eigenvalue weighted by molar-refractivity contribution is 5.87. The molecule has 2 aromatic carbocycles. The van der Waals surface area contributed by atoms with E-state index in [1.165, 1.54) is 0 Å². The second-order valence-electron chi connectivity index (χ2n) is 4.80. The Bertz CT molecular complexity index is 772. The highest BCUT2D eigenvalue weighted by Gasteiger charge is 2.06. The fourth-order valence-corrected chi connectivity index (χ4v) is 2.38. The first-order valence-corrected chi connectivity index (χ1v) is 6.77. The number of hydrogen-bond acceptors (Lipinski definition) is 4. The van der Waals surface area contributed by atoms with E-state index in [4.69, 9.17) is 9.84 Å². The van der Waals surface area contributed by atoms with Gasteiger partial charge in [0.1, 0.15) is 11.6 Å². The molecule has 4 nitrogen and oxygen atoms in total. The van der Waals surface area contributed by atoms with Gasteiger partial charge in [-0.05, 0) is 34.5 Å². The molecule has 0 saturated carbocycles. The van der Waals surface area contributed by atoms with Gasteiger partial charge in [-0.25, -0.2) is 9.97 Å². The van der Waals surface area contributed by atoms with E-state index in [9.17, 15) is 0 Å². The van der Waals surface area contributed by atoms with Gasteiger partial charge in [-0.2, -0.15) is 0 Å². The van der Waals surface area contributed by atoms with Crippen LogP contribution in [0.25, 0.3) is 10.8 Å². The molecule has 0 amide bonds. The Balaban J connectivity index is 2.03. The average Bonchev–Trinajstić information content (AvgIpc) is 2.55. The predicted octanol–water partition coefficient (Wildman–Crippen LogP) is 2.72. The number of fused-ring (bicyclic) bond motifs is 1. The third-order valence-corrected chi connectivity index (χ3v) is 3.45. The summed E-state index contributed by atoms with van der Waals surface area (Å²) in [7, 11) is 1.66. The minimum atomic E-state index is -0.0706. The maximum absolute atomic E-state index is 9.16. The Hall–Kier alpha value is -2.46. The SMILES string of the molecule is COc1ccc2cccc(Cc3nccc(CO)n3)c2c1. The lowest BCUT2D eigenvalue weighted by molar-refractivity contribution is 0.276. The summed E-state index contributed by atoms with van der Waals surface area (Å²) in [6.45, 7) is -0.0706. The van der Waals surface area contributed by atoms with Crippen molar-refractivity contribution < 1.29 is 9.84 Å². The van der Waals surface area contributed by atoms with Crippen molar-refractivity contribution in [2.75, 3.05) is 7.11 Å². The van der Waals surface area contributed by atoms with E-state index in [1.54, 1.807) is 19.4 Å². The monoisotopic (exact) mass is 280 g/mol. The second kappa shape index (κ2) is 5.89. The highest BCUT2D eigenvalue weighted by atomic mass is 16.5. The standard InChI is InChI=1S/C17H16N2O2/c1-21-15-6-5-12-3-2-4-13(16(12)10-15)9-17-18-8-7-14(11-20)19-17/h2-8,10,20H,9,11H2,1H3. The van der Waals surface area contributed by atoms with Crippen LogP contribution in [0.3, 0.4) is 0 Å². The topological polar surface area (TPSA) is 55.2 Å². The van der Waals surface area contributed by atoms with Crippen molar-refractivity contribution in [3.8, 4) is 5.75 Å². The van der Waals surface area contributed by atoms with Gasteiger partial charge in [-0.15, -0.1) is 0 Å². The van der Waals surface area contributed by atoms with E-state index < -0.39 is 0 Å². The van der Waals surface area contributed by atoms with Gasteiger partial charge in [-0.1, -0.05) is 24.3 Å². The number of aliphatic hydroxyl groups is 1. The molecule has 0 saturated heterocycles. The van der Waals surface area contributed by atoms with Crippen molar-refractivity contribution in [2.24, 2.45) is 0 Å². The first kappa shape index (κ1) is 13.5. The van der Waals surface area contributed by atoms with Crippen molar-refractivity contribution in [2.45, 2.75) is 13.0 Å². The molecule has 3 rings (SSSR count).